The van der Waals surface area contributed by atoms with Crippen molar-refractivity contribution >= 4 is 0 Å². The van der Waals surface area contributed by atoms with Gasteiger partial charge in [0.25, 0.3) is 0 Å². The molecule has 0 amide bonds. The number of benzene rings is 2. The van der Waals surface area contributed by atoms with E-state index in [0.29, 0.717) is 12.5 Å². The molecule has 34 heavy (non-hydrogen) atoms. The van der Waals surface area contributed by atoms with Gasteiger partial charge in [-0.15, -0.1) is 0 Å². The average molecular weight is 462 g/mol. The molecule has 1 N–H and O–H groups in total. The van der Waals surface area contributed by atoms with Gasteiger partial charge in [-0.2, -0.15) is 0 Å². The number of methoxy groups -OCH3 is 2. The molecule has 0 unspecified atom stereocenters. The number of pyridine rings is 1. The van der Waals surface area contributed by atoms with Gasteiger partial charge in [-0.1, -0.05) is 18.2 Å². The van der Waals surface area contributed by atoms with Crippen molar-refractivity contribution in [3.05, 3.63) is 71.9 Å². The minimum atomic E-state index is 0.194. The Hall–Kier alpha value is -3.09. The van der Waals surface area contributed by atoms with Gasteiger partial charge in [0.15, 0.2) is 0 Å². The third-order valence-corrected chi connectivity index (χ3v) is 6.37. The van der Waals surface area contributed by atoms with Crippen LogP contribution in [0.25, 0.3) is 11.1 Å². The Morgan fingerprint density at radius 2 is 1.85 bits per heavy atom. The van der Waals surface area contributed by atoms with E-state index in [1.165, 1.54) is 37.1 Å². The maximum Gasteiger partial charge on any atom is 0.213 e. The van der Waals surface area contributed by atoms with Gasteiger partial charge in [-0.25, -0.2) is 4.98 Å². The molecule has 1 fully saturated rings. The Morgan fingerprint density at radius 1 is 1.00 bits per heavy atom. The largest absolute Gasteiger partial charge is 0.497 e. The van der Waals surface area contributed by atoms with Crippen LogP contribution in [0.5, 0.6) is 17.4 Å². The molecule has 1 aliphatic heterocycles. The second-order valence-electron chi connectivity index (χ2n) is 8.70. The molecule has 1 saturated heterocycles. The van der Waals surface area contributed by atoms with Crippen molar-refractivity contribution in [2.75, 3.05) is 40.5 Å². The zero-order chi connectivity index (χ0) is 23.8. The Morgan fingerprint density at radius 3 is 2.59 bits per heavy atom. The van der Waals surface area contributed by atoms with Crippen molar-refractivity contribution in [3.8, 4) is 28.5 Å². The fraction of sp³-hybridized carbons (Fsp3) is 0.393. The van der Waals surface area contributed by atoms with Gasteiger partial charge in [-0.3, -0.25) is 4.90 Å². The summed E-state index contributed by atoms with van der Waals surface area (Å²) in [6, 6.07) is 18.6. The molecule has 0 aliphatic carbocycles. The molecule has 2 heterocycles. The van der Waals surface area contributed by atoms with Crippen molar-refractivity contribution in [3.63, 3.8) is 0 Å². The first kappa shape index (κ1) is 24.0. The van der Waals surface area contributed by atoms with E-state index < -0.39 is 0 Å². The molecule has 6 heteroatoms. The first-order chi connectivity index (χ1) is 16.7. The van der Waals surface area contributed by atoms with Gasteiger partial charge >= 0.3 is 0 Å². The third kappa shape index (κ3) is 6.27. The summed E-state index contributed by atoms with van der Waals surface area (Å²) in [5.74, 6) is 2.36. The quantitative estimate of drug-likeness (QED) is 0.429. The van der Waals surface area contributed by atoms with E-state index in [0.717, 1.165) is 35.7 Å². The predicted molar refractivity (Wildman–Crippen MR) is 136 cm³/mol. The van der Waals surface area contributed by atoms with Gasteiger partial charge in [0.05, 0.1) is 14.2 Å². The molecule has 0 saturated carbocycles. The molecule has 1 aromatic heterocycles. The minimum absolute atomic E-state index is 0.194. The summed E-state index contributed by atoms with van der Waals surface area (Å²) in [6.45, 7) is 6.88. The number of hydrogen-bond donors (Lipinski definition) is 1. The maximum atomic E-state index is 5.86. The minimum Gasteiger partial charge on any atom is -0.497 e. The number of nitrogens with one attached hydrogen (secondary N) is 1. The Labute approximate surface area is 202 Å². The molecule has 1 atom stereocenters. The summed E-state index contributed by atoms with van der Waals surface area (Å²) < 4.78 is 16.8. The van der Waals surface area contributed by atoms with Crippen molar-refractivity contribution in [1.29, 1.82) is 0 Å². The van der Waals surface area contributed by atoms with Crippen LogP contribution < -0.4 is 19.5 Å². The standard InChI is InChI=1S/C28H35N3O3/c1-21(23-7-6-8-25(18-23)32-2)29-19-22-9-11-27(33-3)26(17-22)24-10-12-28(30-20-24)34-16-15-31-13-4-5-14-31/h6-12,17-18,20-21,29H,4-5,13-16,19H2,1-3H3/t21-/m1/s1. The van der Waals surface area contributed by atoms with Gasteiger partial charge in [0.1, 0.15) is 18.1 Å². The van der Waals surface area contributed by atoms with Crippen LogP contribution in [0.3, 0.4) is 0 Å². The molecule has 4 rings (SSSR count). The van der Waals surface area contributed by atoms with Gasteiger partial charge < -0.3 is 19.5 Å². The lowest BCUT2D eigenvalue weighted by atomic mass is 10.0. The van der Waals surface area contributed by atoms with Crippen LogP contribution in [0.1, 0.15) is 36.9 Å². The lowest BCUT2D eigenvalue weighted by Crippen LogP contribution is -2.25. The topological polar surface area (TPSA) is 55.9 Å². The van der Waals surface area contributed by atoms with E-state index in [9.17, 15) is 0 Å². The molecule has 0 spiro atoms. The molecule has 6 nitrogen and oxygen atoms in total. The first-order valence-corrected chi connectivity index (χ1v) is 12.0. The number of aromatic nitrogens is 1. The monoisotopic (exact) mass is 461 g/mol. The summed E-state index contributed by atoms with van der Waals surface area (Å²) in [6.07, 6.45) is 4.45. The second-order valence-corrected chi connectivity index (χ2v) is 8.70. The van der Waals surface area contributed by atoms with Crippen molar-refractivity contribution in [1.82, 2.24) is 15.2 Å². The molecule has 0 radical (unpaired) electrons. The fourth-order valence-corrected chi connectivity index (χ4v) is 4.30. The molecule has 0 bridgehead atoms. The first-order valence-electron chi connectivity index (χ1n) is 12.0. The summed E-state index contributed by atoms with van der Waals surface area (Å²) in [5.41, 5.74) is 4.40. The zero-order valence-electron chi connectivity index (χ0n) is 20.4. The van der Waals surface area contributed by atoms with Crippen molar-refractivity contribution < 1.29 is 14.2 Å². The van der Waals surface area contributed by atoms with Crippen LogP contribution in [0.4, 0.5) is 0 Å². The fourth-order valence-electron chi connectivity index (χ4n) is 4.30. The molecule has 2 aromatic carbocycles. The lowest BCUT2D eigenvalue weighted by Gasteiger charge is -2.17. The lowest BCUT2D eigenvalue weighted by molar-refractivity contribution is 0.232. The van der Waals surface area contributed by atoms with Gasteiger partial charge in [0.2, 0.25) is 5.88 Å². The number of ether oxygens (including phenoxy) is 3. The smallest absolute Gasteiger partial charge is 0.213 e. The highest BCUT2D eigenvalue weighted by molar-refractivity contribution is 5.70. The average Bonchev–Trinajstić information content (AvgIpc) is 3.41. The zero-order valence-corrected chi connectivity index (χ0v) is 20.4. The summed E-state index contributed by atoms with van der Waals surface area (Å²) in [7, 11) is 3.39. The second kappa shape index (κ2) is 11.9. The molecule has 1 aliphatic rings. The van der Waals surface area contributed by atoms with Gasteiger partial charge in [-0.05, 0) is 74.3 Å². The number of likely N-dealkylation sites (tertiary alicyclic amines) is 1. The van der Waals surface area contributed by atoms with E-state index in [2.05, 4.69) is 46.4 Å². The molecular weight excluding hydrogens is 426 g/mol. The Balaban J connectivity index is 1.39. The summed E-state index contributed by atoms with van der Waals surface area (Å²) in [5, 5.41) is 3.60. The Kier molecular flexibility index (Phi) is 8.39. The van der Waals surface area contributed by atoms with Crippen LogP contribution in [0.15, 0.2) is 60.8 Å². The number of rotatable bonds is 11. The SMILES string of the molecule is COc1cccc([C@@H](C)NCc2ccc(OC)c(-c3ccc(OCCN4CCCC4)nc3)c2)c1. The summed E-state index contributed by atoms with van der Waals surface area (Å²) in [4.78, 5) is 6.97. The van der Waals surface area contributed by atoms with Gasteiger partial charge in [0, 0.05) is 42.5 Å². The number of nitrogens with zero attached hydrogens (tertiary/aromatic N) is 2. The maximum absolute atomic E-state index is 5.86. The highest BCUT2D eigenvalue weighted by Gasteiger charge is 2.12. The van der Waals surface area contributed by atoms with E-state index in [-0.39, 0.29) is 6.04 Å². The van der Waals surface area contributed by atoms with E-state index in [4.69, 9.17) is 14.2 Å². The highest BCUT2D eigenvalue weighted by Crippen LogP contribution is 2.31. The molecular formula is C28H35N3O3. The Bertz CT molecular complexity index is 1050. The predicted octanol–water partition coefficient (Wildman–Crippen LogP) is 5.09. The van der Waals surface area contributed by atoms with Crippen LogP contribution in [-0.2, 0) is 6.54 Å². The van der Waals surface area contributed by atoms with Crippen molar-refractivity contribution in [2.24, 2.45) is 0 Å². The molecule has 3 aromatic rings. The number of hydrogen-bond acceptors (Lipinski definition) is 6. The van der Waals surface area contributed by atoms with Crippen LogP contribution in [0.2, 0.25) is 0 Å². The van der Waals surface area contributed by atoms with E-state index in [1.54, 1.807) is 14.2 Å². The van der Waals surface area contributed by atoms with Crippen LogP contribution >= 0.6 is 0 Å². The van der Waals surface area contributed by atoms with E-state index >= 15 is 0 Å². The van der Waals surface area contributed by atoms with E-state index in [1.807, 2.05) is 36.5 Å². The van der Waals surface area contributed by atoms with Crippen LogP contribution in [0, 0.1) is 0 Å². The highest BCUT2D eigenvalue weighted by atomic mass is 16.5. The van der Waals surface area contributed by atoms with Crippen molar-refractivity contribution in [2.45, 2.75) is 32.4 Å². The van der Waals surface area contributed by atoms with Crippen LogP contribution in [-0.4, -0.2) is 50.3 Å². The third-order valence-electron chi connectivity index (χ3n) is 6.37. The normalized spacial score (nSPS) is 14.7. The molecule has 180 valence electrons. The summed E-state index contributed by atoms with van der Waals surface area (Å²) >= 11 is 0.